The fourth-order valence-electron chi connectivity index (χ4n) is 2.88. The molecule has 0 saturated carbocycles. The van der Waals surface area contributed by atoms with Gasteiger partial charge in [0.1, 0.15) is 5.75 Å². The largest absolute Gasteiger partial charge is 0.507 e. The number of imide groups is 1. The Morgan fingerprint density at radius 1 is 0.857 bits per heavy atom. The third-order valence-electron chi connectivity index (χ3n) is 4.21. The Morgan fingerprint density at radius 2 is 1.57 bits per heavy atom. The van der Waals surface area contributed by atoms with Gasteiger partial charge in [-0.25, -0.2) is 0 Å². The van der Waals surface area contributed by atoms with Crippen molar-refractivity contribution in [2.45, 2.75) is 9.79 Å². The lowest BCUT2D eigenvalue weighted by Crippen LogP contribution is -2.45. The van der Waals surface area contributed by atoms with Crippen molar-refractivity contribution in [3.05, 3.63) is 89.5 Å². The van der Waals surface area contributed by atoms with Crippen molar-refractivity contribution >= 4 is 29.5 Å². The van der Waals surface area contributed by atoms with Crippen LogP contribution >= 0.6 is 11.8 Å². The summed E-state index contributed by atoms with van der Waals surface area (Å²) in [5.74, 6) is -2.20. The van der Waals surface area contributed by atoms with E-state index in [2.05, 4.69) is 5.43 Å². The Balaban J connectivity index is 1.63. The summed E-state index contributed by atoms with van der Waals surface area (Å²) < 4.78 is 0. The number of rotatable bonds is 4. The van der Waals surface area contributed by atoms with Gasteiger partial charge in [0.15, 0.2) is 0 Å². The second kappa shape index (κ2) is 7.21. The molecule has 0 unspecified atom stereocenters. The summed E-state index contributed by atoms with van der Waals surface area (Å²) in [4.78, 5) is 39.5. The van der Waals surface area contributed by atoms with E-state index >= 15 is 0 Å². The molecule has 0 spiro atoms. The minimum atomic E-state index is -0.745. The number of para-hydroxylation sites is 1. The van der Waals surface area contributed by atoms with Crippen molar-refractivity contribution in [1.29, 1.82) is 0 Å². The van der Waals surface area contributed by atoms with Crippen LogP contribution in [-0.2, 0) is 0 Å². The van der Waals surface area contributed by atoms with Gasteiger partial charge in [-0.05, 0) is 36.4 Å². The van der Waals surface area contributed by atoms with Crippen molar-refractivity contribution < 1.29 is 19.5 Å². The van der Waals surface area contributed by atoms with Gasteiger partial charge >= 0.3 is 0 Å². The van der Waals surface area contributed by atoms with E-state index in [-0.39, 0.29) is 22.4 Å². The third kappa shape index (κ3) is 3.12. The molecular weight excluding hydrogens is 376 g/mol. The first-order valence-electron chi connectivity index (χ1n) is 8.40. The molecule has 0 aromatic heterocycles. The minimum Gasteiger partial charge on any atom is -0.507 e. The smallest absolute Gasteiger partial charge is 0.281 e. The molecule has 7 heteroatoms. The monoisotopic (exact) mass is 390 g/mol. The van der Waals surface area contributed by atoms with Crippen LogP contribution in [0.3, 0.4) is 0 Å². The van der Waals surface area contributed by atoms with Crippen molar-refractivity contribution in [2.24, 2.45) is 0 Å². The lowest BCUT2D eigenvalue weighted by atomic mass is 10.1. The van der Waals surface area contributed by atoms with Gasteiger partial charge in [0.05, 0.1) is 16.7 Å². The van der Waals surface area contributed by atoms with Crippen molar-refractivity contribution in [3.63, 3.8) is 0 Å². The average Bonchev–Trinajstić information content (AvgIpc) is 2.95. The van der Waals surface area contributed by atoms with Crippen LogP contribution in [0.4, 0.5) is 0 Å². The fourth-order valence-corrected chi connectivity index (χ4v) is 3.88. The van der Waals surface area contributed by atoms with E-state index in [0.717, 1.165) is 4.90 Å². The molecule has 2 N–H and O–H groups in total. The molecule has 6 nitrogen and oxygen atoms in total. The highest BCUT2D eigenvalue weighted by molar-refractivity contribution is 7.99. The van der Waals surface area contributed by atoms with Gasteiger partial charge in [-0.2, -0.15) is 5.01 Å². The van der Waals surface area contributed by atoms with E-state index in [1.54, 1.807) is 30.3 Å². The number of carbonyl (C=O) groups is 3. The molecule has 4 rings (SSSR count). The first-order chi connectivity index (χ1) is 13.6. The van der Waals surface area contributed by atoms with Crippen LogP contribution in [0.2, 0.25) is 0 Å². The molecule has 0 fully saturated rings. The van der Waals surface area contributed by atoms with Crippen LogP contribution in [0.1, 0.15) is 31.1 Å². The first-order valence-corrected chi connectivity index (χ1v) is 9.21. The number of phenolic OH excluding ortho intramolecular Hbond substituents is 1. The van der Waals surface area contributed by atoms with E-state index in [4.69, 9.17) is 0 Å². The zero-order chi connectivity index (χ0) is 19.7. The van der Waals surface area contributed by atoms with Crippen LogP contribution in [0.15, 0.2) is 82.6 Å². The second-order valence-electron chi connectivity index (χ2n) is 6.00. The number of nitrogens with one attached hydrogen (secondary N) is 1. The molecule has 0 atom stereocenters. The maximum Gasteiger partial charge on any atom is 0.281 e. The summed E-state index contributed by atoms with van der Waals surface area (Å²) in [6.07, 6.45) is 0. The van der Waals surface area contributed by atoms with Gasteiger partial charge in [-0.1, -0.05) is 48.2 Å². The third-order valence-corrected chi connectivity index (χ3v) is 5.28. The van der Waals surface area contributed by atoms with Crippen molar-refractivity contribution in [3.8, 4) is 5.75 Å². The maximum atomic E-state index is 12.9. The molecule has 0 saturated heterocycles. The molecule has 3 aromatic carbocycles. The van der Waals surface area contributed by atoms with Gasteiger partial charge in [-0.15, -0.1) is 0 Å². The summed E-state index contributed by atoms with van der Waals surface area (Å²) in [6.45, 7) is 0. The number of hydrogen-bond acceptors (Lipinski definition) is 5. The lowest BCUT2D eigenvalue weighted by molar-refractivity contribution is 0.0516. The highest BCUT2D eigenvalue weighted by Crippen LogP contribution is 2.35. The Kier molecular flexibility index (Phi) is 4.58. The number of carbonyl (C=O) groups excluding carboxylic acids is 3. The van der Waals surface area contributed by atoms with E-state index in [1.807, 2.05) is 30.3 Å². The number of hydrazine groups is 1. The minimum absolute atomic E-state index is 0.0297. The van der Waals surface area contributed by atoms with Gasteiger partial charge in [-0.3, -0.25) is 19.8 Å². The molecule has 28 heavy (non-hydrogen) atoms. The number of fused-ring (bicyclic) bond motifs is 1. The fraction of sp³-hybridized carbons (Fsp3) is 0. The van der Waals surface area contributed by atoms with Crippen LogP contribution in [0, 0.1) is 0 Å². The number of hydrogen-bond donors (Lipinski definition) is 2. The number of amides is 3. The molecule has 3 aromatic rings. The van der Waals surface area contributed by atoms with E-state index in [9.17, 15) is 19.5 Å². The van der Waals surface area contributed by atoms with Gasteiger partial charge in [0.2, 0.25) is 0 Å². The quantitative estimate of drug-likeness (QED) is 0.666. The summed E-state index contributed by atoms with van der Waals surface area (Å²) in [5, 5.41) is 10.5. The predicted octanol–water partition coefficient (Wildman–Crippen LogP) is 3.48. The zero-order valence-electron chi connectivity index (χ0n) is 14.5. The zero-order valence-corrected chi connectivity index (χ0v) is 15.3. The summed E-state index contributed by atoms with van der Waals surface area (Å²) >= 11 is 1.37. The molecule has 1 aliphatic rings. The molecule has 138 valence electrons. The first kappa shape index (κ1) is 17.8. The van der Waals surface area contributed by atoms with Crippen LogP contribution < -0.4 is 5.43 Å². The Hall–Kier alpha value is -3.58. The normalized spacial score (nSPS) is 12.8. The average molecular weight is 390 g/mol. The number of benzene rings is 3. The molecule has 0 radical (unpaired) electrons. The molecule has 1 aliphatic heterocycles. The second-order valence-corrected chi connectivity index (χ2v) is 7.11. The summed E-state index contributed by atoms with van der Waals surface area (Å²) in [7, 11) is 0. The topological polar surface area (TPSA) is 86.7 Å². The van der Waals surface area contributed by atoms with Gasteiger partial charge in [0.25, 0.3) is 17.7 Å². The van der Waals surface area contributed by atoms with E-state index in [1.165, 1.54) is 23.9 Å². The summed E-state index contributed by atoms with van der Waals surface area (Å²) in [5.41, 5.74) is 2.74. The number of nitrogens with zero attached hydrogens (tertiary/aromatic N) is 1. The Labute approximate surface area is 164 Å². The van der Waals surface area contributed by atoms with Crippen molar-refractivity contribution in [1.82, 2.24) is 10.4 Å². The van der Waals surface area contributed by atoms with Gasteiger partial charge in [0, 0.05) is 9.79 Å². The Morgan fingerprint density at radius 3 is 2.32 bits per heavy atom. The highest BCUT2D eigenvalue weighted by atomic mass is 32.2. The van der Waals surface area contributed by atoms with Gasteiger partial charge < -0.3 is 5.11 Å². The molecule has 1 heterocycles. The van der Waals surface area contributed by atoms with Crippen LogP contribution in [0.5, 0.6) is 5.75 Å². The molecule has 3 amide bonds. The molecular formula is C21H14N2O4S. The van der Waals surface area contributed by atoms with E-state index in [0.29, 0.717) is 9.90 Å². The van der Waals surface area contributed by atoms with Crippen molar-refractivity contribution in [2.75, 3.05) is 0 Å². The number of phenols is 1. The standard InChI is InChI=1S/C21H14N2O4S/c24-16-11-5-4-9-14(16)19(25)22-23-20(26)15-10-6-12-17(18(15)21(23)27)28-13-7-2-1-3-8-13/h1-12,24H,(H,22,25). The molecule has 0 bridgehead atoms. The SMILES string of the molecule is O=C(NN1C(=O)c2cccc(Sc3ccccc3)c2C1=O)c1ccccc1O. The Bertz CT molecular complexity index is 1100. The lowest BCUT2D eigenvalue weighted by Gasteiger charge is -2.15. The molecule has 0 aliphatic carbocycles. The van der Waals surface area contributed by atoms with Crippen LogP contribution in [0.25, 0.3) is 0 Å². The maximum absolute atomic E-state index is 12.9. The van der Waals surface area contributed by atoms with E-state index < -0.39 is 17.7 Å². The summed E-state index contributed by atoms with van der Waals surface area (Å²) in [6, 6.07) is 20.4. The number of aromatic hydroxyl groups is 1. The predicted molar refractivity (Wildman–Crippen MR) is 103 cm³/mol. The van der Waals surface area contributed by atoms with Crippen LogP contribution in [-0.4, -0.2) is 27.8 Å². The highest BCUT2D eigenvalue weighted by Gasteiger charge is 2.39.